The molecule has 0 aromatic heterocycles. The molecular formula is C13H26N2O2. The second kappa shape index (κ2) is 7.67. The Bertz CT molecular complexity index is 223. The fraction of sp³-hybridized carbons (Fsp3) is 0.923. The van der Waals surface area contributed by atoms with Gasteiger partial charge in [-0.2, -0.15) is 0 Å². The monoisotopic (exact) mass is 242 g/mol. The molecular weight excluding hydrogens is 216 g/mol. The summed E-state index contributed by atoms with van der Waals surface area (Å²) in [7, 11) is 0. The molecule has 1 amide bonds. The summed E-state index contributed by atoms with van der Waals surface area (Å²) in [6.45, 7) is 1.54. The number of nitrogens with two attached hydrogens (primary N) is 1. The second-order valence-electron chi connectivity index (χ2n) is 5.24. The highest BCUT2D eigenvalue weighted by molar-refractivity contribution is 5.73. The van der Waals surface area contributed by atoms with E-state index in [1.807, 2.05) is 0 Å². The summed E-state index contributed by atoms with van der Waals surface area (Å²) in [4.78, 5) is 10.5. The topological polar surface area (TPSA) is 75.4 Å². The molecule has 0 aromatic carbocycles. The van der Waals surface area contributed by atoms with E-state index in [-0.39, 0.29) is 5.91 Å². The van der Waals surface area contributed by atoms with E-state index >= 15 is 0 Å². The lowest BCUT2D eigenvalue weighted by molar-refractivity contribution is -0.118. The van der Waals surface area contributed by atoms with Crippen molar-refractivity contribution in [3.8, 4) is 0 Å². The van der Waals surface area contributed by atoms with Gasteiger partial charge in [0, 0.05) is 13.0 Å². The summed E-state index contributed by atoms with van der Waals surface area (Å²) in [5, 5.41) is 13.7. The molecule has 0 spiro atoms. The van der Waals surface area contributed by atoms with Gasteiger partial charge in [0.25, 0.3) is 0 Å². The summed E-state index contributed by atoms with van der Waals surface area (Å²) in [6, 6.07) is 0. The Morgan fingerprint density at radius 2 is 1.82 bits per heavy atom. The Labute approximate surface area is 104 Å². The van der Waals surface area contributed by atoms with Gasteiger partial charge in [-0.25, -0.2) is 0 Å². The van der Waals surface area contributed by atoms with Crippen LogP contribution in [-0.4, -0.2) is 29.7 Å². The Morgan fingerprint density at radius 3 is 2.41 bits per heavy atom. The number of primary amides is 1. The van der Waals surface area contributed by atoms with Crippen molar-refractivity contribution in [2.24, 2.45) is 5.73 Å². The maximum atomic E-state index is 10.5. The van der Waals surface area contributed by atoms with Crippen LogP contribution in [0.5, 0.6) is 0 Å². The molecule has 0 bridgehead atoms. The number of hydrogen-bond acceptors (Lipinski definition) is 3. The van der Waals surface area contributed by atoms with Crippen LogP contribution in [0.3, 0.4) is 0 Å². The fourth-order valence-corrected chi connectivity index (χ4v) is 2.43. The largest absolute Gasteiger partial charge is 0.389 e. The van der Waals surface area contributed by atoms with Crippen LogP contribution < -0.4 is 11.1 Å². The molecule has 0 heterocycles. The van der Waals surface area contributed by atoms with Gasteiger partial charge in [0.15, 0.2) is 0 Å². The lowest BCUT2D eigenvalue weighted by Crippen LogP contribution is -2.40. The van der Waals surface area contributed by atoms with E-state index in [9.17, 15) is 9.90 Å². The summed E-state index contributed by atoms with van der Waals surface area (Å²) >= 11 is 0. The first-order valence-electron chi connectivity index (χ1n) is 6.84. The van der Waals surface area contributed by atoms with Crippen molar-refractivity contribution < 1.29 is 9.90 Å². The van der Waals surface area contributed by atoms with Gasteiger partial charge in [0.1, 0.15) is 0 Å². The standard InChI is InChI=1S/C13H26N2O2/c14-12(16)7-3-6-10-15-11-13(17)8-4-1-2-5-9-13/h15,17H,1-11H2,(H2,14,16). The molecule has 0 radical (unpaired) electrons. The van der Waals surface area contributed by atoms with E-state index in [1.54, 1.807) is 0 Å². The molecule has 0 unspecified atom stereocenters. The van der Waals surface area contributed by atoms with Crippen molar-refractivity contribution in [3.63, 3.8) is 0 Å². The molecule has 4 heteroatoms. The lowest BCUT2D eigenvalue weighted by atomic mass is 9.94. The Kier molecular flexibility index (Phi) is 6.52. The minimum atomic E-state index is -0.500. The van der Waals surface area contributed by atoms with Crippen molar-refractivity contribution in [2.45, 2.75) is 63.4 Å². The predicted octanol–water partition coefficient (Wildman–Crippen LogP) is 1.32. The number of aliphatic hydroxyl groups is 1. The SMILES string of the molecule is NC(=O)CCCCNCC1(O)CCCCCC1. The Morgan fingerprint density at radius 1 is 1.18 bits per heavy atom. The van der Waals surface area contributed by atoms with E-state index in [1.165, 1.54) is 12.8 Å². The molecule has 1 saturated carbocycles. The zero-order valence-corrected chi connectivity index (χ0v) is 10.7. The van der Waals surface area contributed by atoms with E-state index in [0.29, 0.717) is 13.0 Å². The molecule has 17 heavy (non-hydrogen) atoms. The van der Waals surface area contributed by atoms with Gasteiger partial charge < -0.3 is 16.2 Å². The number of hydrogen-bond donors (Lipinski definition) is 3. The van der Waals surface area contributed by atoms with E-state index < -0.39 is 5.60 Å². The molecule has 1 fully saturated rings. The highest BCUT2D eigenvalue weighted by atomic mass is 16.3. The third-order valence-electron chi connectivity index (χ3n) is 3.52. The first-order chi connectivity index (χ1) is 8.12. The molecule has 100 valence electrons. The van der Waals surface area contributed by atoms with Gasteiger partial charge in [0.2, 0.25) is 5.91 Å². The van der Waals surface area contributed by atoms with Gasteiger partial charge in [-0.3, -0.25) is 4.79 Å². The average Bonchev–Trinajstić information content (AvgIpc) is 2.48. The first kappa shape index (κ1) is 14.5. The predicted molar refractivity (Wildman–Crippen MR) is 68.6 cm³/mol. The fourth-order valence-electron chi connectivity index (χ4n) is 2.43. The van der Waals surface area contributed by atoms with Gasteiger partial charge in [-0.15, -0.1) is 0 Å². The van der Waals surface area contributed by atoms with E-state index in [0.717, 1.165) is 45.1 Å². The zero-order chi connectivity index (χ0) is 12.6. The lowest BCUT2D eigenvalue weighted by Gasteiger charge is -2.26. The molecule has 0 atom stereocenters. The summed E-state index contributed by atoms with van der Waals surface area (Å²) < 4.78 is 0. The number of carbonyl (C=O) groups excluding carboxylic acids is 1. The number of rotatable bonds is 7. The molecule has 1 aliphatic carbocycles. The van der Waals surface area contributed by atoms with Crippen LogP contribution in [0.25, 0.3) is 0 Å². The molecule has 4 nitrogen and oxygen atoms in total. The Balaban J connectivity index is 2.06. The van der Waals surface area contributed by atoms with Crippen molar-refractivity contribution in [1.82, 2.24) is 5.32 Å². The van der Waals surface area contributed by atoms with Crippen LogP contribution in [-0.2, 0) is 4.79 Å². The van der Waals surface area contributed by atoms with Gasteiger partial charge >= 0.3 is 0 Å². The average molecular weight is 242 g/mol. The highest BCUT2D eigenvalue weighted by Crippen LogP contribution is 2.26. The number of unbranched alkanes of at least 4 members (excludes halogenated alkanes) is 1. The summed E-state index contributed by atoms with van der Waals surface area (Å²) in [5.41, 5.74) is 4.56. The maximum Gasteiger partial charge on any atom is 0.217 e. The van der Waals surface area contributed by atoms with Crippen LogP contribution in [0.15, 0.2) is 0 Å². The molecule has 0 saturated heterocycles. The molecule has 1 rings (SSSR count). The normalized spacial score (nSPS) is 19.8. The van der Waals surface area contributed by atoms with Crippen molar-refractivity contribution in [1.29, 1.82) is 0 Å². The number of nitrogens with one attached hydrogen (secondary N) is 1. The molecule has 4 N–H and O–H groups in total. The molecule has 1 aliphatic rings. The second-order valence-corrected chi connectivity index (χ2v) is 5.24. The van der Waals surface area contributed by atoms with Gasteiger partial charge in [-0.05, 0) is 32.2 Å². The van der Waals surface area contributed by atoms with Crippen LogP contribution in [0.1, 0.15) is 57.8 Å². The van der Waals surface area contributed by atoms with Gasteiger partial charge in [0.05, 0.1) is 5.60 Å². The highest BCUT2D eigenvalue weighted by Gasteiger charge is 2.26. The van der Waals surface area contributed by atoms with Gasteiger partial charge in [-0.1, -0.05) is 25.7 Å². The minimum Gasteiger partial charge on any atom is -0.389 e. The van der Waals surface area contributed by atoms with Crippen LogP contribution in [0.4, 0.5) is 0 Å². The van der Waals surface area contributed by atoms with Crippen LogP contribution >= 0.6 is 0 Å². The first-order valence-corrected chi connectivity index (χ1v) is 6.84. The van der Waals surface area contributed by atoms with E-state index in [4.69, 9.17) is 5.73 Å². The Hall–Kier alpha value is -0.610. The quantitative estimate of drug-likeness (QED) is 0.465. The molecule has 0 aromatic rings. The smallest absolute Gasteiger partial charge is 0.217 e. The van der Waals surface area contributed by atoms with Crippen LogP contribution in [0, 0.1) is 0 Å². The number of amides is 1. The summed E-state index contributed by atoms with van der Waals surface area (Å²) in [5.74, 6) is -0.229. The van der Waals surface area contributed by atoms with E-state index in [2.05, 4.69) is 5.32 Å². The van der Waals surface area contributed by atoms with Crippen molar-refractivity contribution >= 4 is 5.91 Å². The third-order valence-corrected chi connectivity index (χ3v) is 3.52. The number of carbonyl (C=O) groups is 1. The van der Waals surface area contributed by atoms with Crippen molar-refractivity contribution in [2.75, 3.05) is 13.1 Å². The van der Waals surface area contributed by atoms with Crippen LogP contribution in [0.2, 0.25) is 0 Å². The van der Waals surface area contributed by atoms with Crippen molar-refractivity contribution in [3.05, 3.63) is 0 Å². The summed E-state index contributed by atoms with van der Waals surface area (Å²) in [6.07, 6.45) is 8.86. The third kappa shape index (κ3) is 6.64. The zero-order valence-electron chi connectivity index (χ0n) is 10.7. The minimum absolute atomic E-state index is 0.229. The molecule has 0 aliphatic heterocycles. The maximum absolute atomic E-state index is 10.5.